The molecule has 0 aliphatic heterocycles. The topological polar surface area (TPSA) is 115 Å². The molecular formula is C12H19N5O3. The predicted molar refractivity (Wildman–Crippen MR) is 75.4 cm³/mol. The van der Waals surface area contributed by atoms with Crippen LogP contribution in [0.25, 0.3) is 0 Å². The smallest absolute Gasteiger partial charge is 0.311 e. The van der Waals surface area contributed by atoms with Crippen molar-refractivity contribution in [2.24, 2.45) is 11.8 Å². The number of hydrogen-bond donors (Lipinski definition) is 3. The molecule has 1 heterocycles. The highest BCUT2D eigenvalue weighted by atomic mass is 16.6. The molecular weight excluding hydrogens is 262 g/mol. The molecule has 20 heavy (non-hydrogen) atoms. The van der Waals surface area contributed by atoms with Gasteiger partial charge < -0.3 is 15.5 Å². The molecule has 110 valence electrons. The number of nitrogens with two attached hydrogens (primary N) is 1. The number of pyridine rings is 1. The lowest BCUT2D eigenvalue weighted by molar-refractivity contribution is -0.384. The van der Waals surface area contributed by atoms with Crippen molar-refractivity contribution in [3.63, 3.8) is 0 Å². The minimum atomic E-state index is -0.473. The van der Waals surface area contributed by atoms with E-state index in [0.29, 0.717) is 19.0 Å². The number of nitrogens with one attached hydrogen (secondary N) is 2. The molecule has 0 unspecified atom stereocenters. The molecule has 0 amide bonds. The van der Waals surface area contributed by atoms with Gasteiger partial charge in [-0.05, 0) is 31.2 Å². The number of nitrogen functional groups attached to an aromatic ring is 1. The largest absolute Gasteiger partial charge is 0.381 e. The van der Waals surface area contributed by atoms with Crippen molar-refractivity contribution in [1.29, 1.82) is 0 Å². The summed E-state index contributed by atoms with van der Waals surface area (Å²) in [6.07, 6.45) is 3.31. The maximum atomic E-state index is 10.9. The van der Waals surface area contributed by atoms with Gasteiger partial charge in [0.2, 0.25) is 5.82 Å². The Bertz CT molecular complexity index is 464. The molecule has 1 aliphatic rings. The molecule has 0 radical (unpaired) electrons. The molecule has 1 fully saturated rings. The van der Waals surface area contributed by atoms with Gasteiger partial charge in [-0.25, -0.2) is 10.8 Å². The lowest BCUT2D eigenvalue weighted by Gasteiger charge is -2.08. The third kappa shape index (κ3) is 4.32. The Labute approximate surface area is 116 Å². The first kappa shape index (κ1) is 14.5. The lowest BCUT2D eigenvalue weighted by Crippen LogP contribution is -2.13. The first-order valence-electron chi connectivity index (χ1n) is 6.64. The summed E-state index contributed by atoms with van der Waals surface area (Å²) in [5, 5.41) is 13.8. The monoisotopic (exact) mass is 281 g/mol. The Kier molecular flexibility index (Phi) is 5.08. The molecule has 8 heteroatoms. The summed E-state index contributed by atoms with van der Waals surface area (Å²) in [6.45, 7) is 2.03. The maximum Gasteiger partial charge on any atom is 0.311 e. The SMILES string of the molecule is NNc1ccc([N+](=O)[O-])c(NCCCOCC2CC2)n1. The zero-order valence-corrected chi connectivity index (χ0v) is 11.2. The van der Waals surface area contributed by atoms with Crippen LogP contribution in [0.4, 0.5) is 17.3 Å². The second kappa shape index (κ2) is 7.01. The van der Waals surface area contributed by atoms with Gasteiger partial charge in [0.1, 0.15) is 5.82 Å². The molecule has 0 saturated heterocycles. The summed E-state index contributed by atoms with van der Waals surface area (Å²) < 4.78 is 5.49. The van der Waals surface area contributed by atoms with Crippen molar-refractivity contribution in [2.45, 2.75) is 19.3 Å². The Balaban J connectivity index is 1.78. The standard InChI is InChI=1S/C12H19N5O3/c13-16-11-5-4-10(17(18)19)12(15-11)14-6-1-7-20-8-9-2-3-9/h4-5,9H,1-3,6-8,13H2,(H2,14,15,16). The van der Waals surface area contributed by atoms with Crippen LogP contribution in [0.3, 0.4) is 0 Å². The van der Waals surface area contributed by atoms with Crippen LogP contribution in [0, 0.1) is 16.0 Å². The highest BCUT2D eigenvalue weighted by molar-refractivity contribution is 5.59. The van der Waals surface area contributed by atoms with Crippen LogP contribution in [0.5, 0.6) is 0 Å². The number of rotatable bonds is 9. The zero-order chi connectivity index (χ0) is 14.4. The van der Waals surface area contributed by atoms with E-state index in [4.69, 9.17) is 10.6 Å². The van der Waals surface area contributed by atoms with E-state index in [-0.39, 0.29) is 11.5 Å². The first-order valence-corrected chi connectivity index (χ1v) is 6.64. The Morgan fingerprint density at radius 1 is 1.50 bits per heavy atom. The van der Waals surface area contributed by atoms with E-state index in [0.717, 1.165) is 18.9 Å². The fourth-order valence-corrected chi connectivity index (χ4v) is 1.73. The highest BCUT2D eigenvalue weighted by Gasteiger charge is 2.21. The minimum absolute atomic E-state index is 0.0668. The van der Waals surface area contributed by atoms with Gasteiger partial charge in [0.25, 0.3) is 0 Å². The van der Waals surface area contributed by atoms with Gasteiger partial charge in [-0.15, -0.1) is 0 Å². The van der Waals surface area contributed by atoms with E-state index < -0.39 is 4.92 Å². The van der Waals surface area contributed by atoms with Crippen molar-refractivity contribution < 1.29 is 9.66 Å². The first-order chi connectivity index (χ1) is 9.70. The highest BCUT2D eigenvalue weighted by Crippen LogP contribution is 2.28. The number of ether oxygens (including phenoxy) is 1. The molecule has 0 aromatic carbocycles. The summed E-state index contributed by atoms with van der Waals surface area (Å²) in [5.74, 6) is 6.58. The number of hydrazine groups is 1. The van der Waals surface area contributed by atoms with Crippen LogP contribution < -0.4 is 16.6 Å². The molecule has 0 spiro atoms. The van der Waals surface area contributed by atoms with Crippen LogP contribution in [0.15, 0.2) is 12.1 Å². The number of hydrogen-bond acceptors (Lipinski definition) is 7. The maximum absolute atomic E-state index is 10.9. The Morgan fingerprint density at radius 2 is 2.30 bits per heavy atom. The predicted octanol–water partition coefficient (Wildman–Crippen LogP) is 1.50. The number of nitrogens with zero attached hydrogens (tertiary/aromatic N) is 2. The van der Waals surface area contributed by atoms with Gasteiger partial charge in [0, 0.05) is 25.8 Å². The van der Waals surface area contributed by atoms with Gasteiger partial charge in [0.05, 0.1) is 4.92 Å². The quantitative estimate of drug-likeness (QED) is 0.272. The average molecular weight is 281 g/mol. The van der Waals surface area contributed by atoms with Crippen molar-refractivity contribution in [2.75, 3.05) is 30.5 Å². The average Bonchev–Trinajstić information content (AvgIpc) is 3.26. The van der Waals surface area contributed by atoms with Gasteiger partial charge in [0.15, 0.2) is 0 Å². The third-order valence-corrected chi connectivity index (χ3v) is 3.03. The van der Waals surface area contributed by atoms with Crippen molar-refractivity contribution in [3.05, 3.63) is 22.2 Å². The van der Waals surface area contributed by atoms with Crippen molar-refractivity contribution in [1.82, 2.24) is 4.98 Å². The van der Waals surface area contributed by atoms with Crippen molar-refractivity contribution in [3.8, 4) is 0 Å². The number of nitro groups is 1. The van der Waals surface area contributed by atoms with Crippen LogP contribution >= 0.6 is 0 Å². The minimum Gasteiger partial charge on any atom is -0.381 e. The van der Waals surface area contributed by atoms with Gasteiger partial charge in [-0.3, -0.25) is 10.1 Å². The van der Waals surface area contributed by atoms with E-state index in [1.54, 1.807) is 0 Å². The molecule has 8 nitrogen and oxygen atoms in total. The molecule has 1 saturated carbocycles. The third-order valence-electron chi connectivity index (χ3n) is 3.03. The van der Waals surface area contributed by atoms with E-state index >= 15 is 0 Å². The van der Waals surface area contributed by atoms with Crippen LogP contribution in [0.2, 0.25) is 0 Å². The summed E-state index contributed by atoms with van der Waals surface area (Å²) >= 11 is 0. The molecule has 1 aromatic rings. The number of anilines is 2. The zero-order valence-electron chi connectivity index (χ0n) is 11.2. The number of aromatic nitrogens is 1. The molecule has 0 atom stereocenters. The lowest BCUT2D eigenvalue weighted by atomic mass is 10.3. The summed E-state index contributed by atoms with van der Waals surface area (Å²) in [4.78, 5) is 14.5. The van der Waals surface area contributed by atoms with E-state index in [1.807, 2.05) is 0 Å². The van der Waals surface area contributed by atoms with Crippen LogP contribution in [0.1, 0.15) is 19.3 Å². The Hall–Kier alpha value is -1.93. The molecule has 4 N–H and O–H groups in total. The second-order valence-electron chi connectivity index (χ2n) is 4.76. The van der Waals surface area contributed by atoms with Crippen LogP contribution in [-0.2, 0) is 4.74 Å². The van der Waals surface area contributed by atoms with Crippen LogP contribution in [-0.4, -0.2) is 29.7 Å². The summed E-state index contributed by atoms with van der Waals surface area (Å²) in [7, 11) is 0. The van der Waals surface area contributed by atoms with Gasteiger partial charge >= 0.3 is 5.69 Å². The Morgan fingerprint density at radius 3 is 2.95 bits per heavy atom. The molecule has 2 rings (SSSR count). The summed E-state index contributed by atoms with van der Waals surface area (Å²) in [6, 6.07) is 2.83. The second-order valence-corrected chi connectivity index (χ2v) is 4.76. The van der Waals surface area contributed by atoms with E-state index in [1.165, 1.54) is 25.0 Å². The fourth-order valence-electron chi connectivity index (χ4n) is 1.73. The van der Waals surface area contributed by atoms with Gasteiger partial charge in [-0.1, -0.05) is 0 Å². The summed E-state index contributed by atoms with van der Waals surface area (Å²) in [5.41, 5.74) is 2.30. The van der Waals surface area contributed by atoms with E-state index in [9.17, 15) is 10.1 Å². The van der Waals surface area contributed by atoms with E-state index in [2.05, 4.69) is 15.7 Å². The normalized spacial score (nSPS) is 14.1. The van der Waals surface area contributed by atoms with Gasteiger partial charge in [-0.2, -0.15) is 0 Å². The van der Waals surface area contributed by atoms with Crippen molar-refractivity contribution >= 4 is 17.3 Å². The molecule has 0 bridgehead atoms. The molecule has 1 aliphatic carbocycles. The fraction of sp³-hybridized carbons (Fsp3) is 0.583. The molecule has 1 aromatic heterocycles.